The van der Waals surface area contributed by atoms with Gasteiger partial charge in [0.25, 0.3) is 11.8 Å². The first kappa shape index (κ1) is 31.9. The molecule has 4 rings (SSSR count). The van der Waals surface area contributed by atoms with E-state index in [9.17, 15) is 45.6 Å². The quantitative estimate of drug-likeness (QED) is 0.265. The first-order valence-corrected chi connectivity index (χ1v) is 12.5. The van der Waals surface area contributed by atoms with Crippen LogP contribution in [0.25, 0.3) is 5.69 Å². The number of nitrogens with one attached hydrogen (secondary N) is 2. The summed E-state index contributed by atoms with van der Waals surface area (Å²) in [6.45, 7) is 0.528. The van der Waals surface area contributed by atoms with Gasteiger partial charge in [0.1, 0.15) is 11.4 Å². The average molecular weight is 643 g/mol. The number of benzene rings is 2. The summed E-state index contributed by atoms with van der Waals surface area (Å²) in [7, 11) is 1.32. The molecule has 2 amide bonds. The number of aromatic nitrogens is 5. The number of hydrogen-bond acceptors (Lipinski definition) is 6. The van der Waals surface area contributed by atoms with E-state index in [4.69, 9.17) is 11.6 Å². The van der Waals surface area contributed by atoms with E-state index in [1.807, 2.05) is 6.07 Å². The first-order valence-electron chi connectivity index (χ1n) is 12.2. The lowest BCUT2D eigenvalue weighted by molar-refractivity contribution is -0.350. The van der Waals surface area contributed by atoms with E-state index < -0.39 is 42.1 Å². The number of rotatable bonds is 7. The fraction of sp³-hybridized carbons (Fsp3) is 0.231. The largest absolute Gasteiger partial charge is 0.437 e. The van der Waals surface area contributed by atoms with Gasteiger partial charge in [-0.25, -0.2) is 13.8 Å². The molecule has 10 nitrogen and oxygen atoms in total. The van der Waals surface area contributed by atoms with E-state index in [-0.39, 0.29) is 49.8 Å². The van der Waals surface area contributed by atoms with E-state index >= 15 is 0 Å². The second-order valence-corrected chi connectivity index (χ2v) is 9.58. The van der Waals surface area contributed by atoms with Crippen LogP contribution < -0.4 is 10.6 Å². The Morgan fingerprint density at radius 2 is 1.68 bits per heavy atom. The van der Waals surface area contributed by atoms with Gasteiger partial charge in [0, 0.05) is 7.05 Å². The van der Waals surface area contributed by atoms with Gasteiger partial charge in [0.15, 0.2) is 0 Å². The first-order chi connectivity index (χ1) is 20.5. The molecule has 0 bridgehead atoms. The van der Waals surface area contributed by atoms with Crippen molar-refractivity contribution in [1.82, 2.24) is 30.1 Å². The third-order valence-electron chi connectivity index (χ3n) is 6.31. The van der Waals surface area contributed by atoms with Gasteiger partial charge in [-0.2, -0.15) is 36.7 Å². The van der Waals surface area contributed by atoms with Gasteiger partial charge in [-0.3, -0.25) is 9.59 Å². The molecule has 0 aliphatic heterocycles. The molecule has 0 fully saturated rings. The normalized spacial score (nSPS) is 12.1. The number of amides is 2. The van der Waals surface area contributed by atoms with Crippen molar-refractivity contribution >= 4 is 29.1 Å². The van der Waals surface area contributed by atoms with Crippen LogP contribution >= 0.6 is 11.6 Å². The lowest BCUT2D eigenvalue weighted by Crippen LogP contribution is -2.51. The molecule has 0 unspecified atom stereocenters. The highest BCUT2D eigenvalue weighted by Gasteiger charge is 2.75. The van der Waals surface area contributed by atoms with E-state index in [2.05, 4.69) is 26.0 Å². The Labute approximate surface area is 248 Å². The number of carbonyl (C=O) groups is 2. The molecule has 0 saturated heterocycles. The molecule has 0 atom stereocenters. The van der Waals surface area contributed by atoms with E-state index in [1.165, 1.54) is 44.3 Å². The fourth-order valence-corrected chi connectivity index (χ4v) is 4.45. The van der Waals surface area contributed by atoms with Crippen molar-refractivity contribution in [3.8, 4) is 11.8 Å². The Bertz CT molecular complexity index is 1780. The van der Waals surface area contributed by atoms with Crippen LogP contribution in [0.4, 0.5) is 36.4 Å². The average Bonchev–Trinajstić information content (AvgIpc) is 3.59. The molecule has 0 radical (unpaired) electrons. The summed E-state index contributed by atoms with van der Waals surface area (Å²) in [5.41, 5.74) is -8.02. The topological polar surface area (TPSA) is 131 Å². The van der Waals surface area contributed by atoms with Crippen molar-refractivity contribution in [3.63, 3.8) is 0 Å². The molecular weight excluding hydrogens is 625 g/mol. The fourth-order valence-electron chi connectivity index (χ4n) is 4.23. The Morgan fingerprint density at radius 1 is 1.02 bits per heavy atom. The van der Waals surface area contributed by atoms with Crippen LogP contribution in [0, 0.1) is 18.3 Å². The lowest BCUT2D eigenvalue weighted by atomic mass is 10.0. The molecule has 0 aliphatic rings. The minimum absolute atomic E-state index is 0.00191. The van der Waals surface area contributed by atoms with Gasteiger partial charge in [-0.05, 0) is 42.8 Å². The van der Waals surface area contributed by atoms with Crippen molar-refractivity contribution in [3.05, 3.63) is 87.5 Å². The number of carbonyl (C=O) groups excluding carboxylic acids is 2. The number of para-hydroxylation sites is 1. The number of hydrogen-bond donors (Lipinski definition) is 2. The van der Waals surface area contributed by atoms with Gasteiger partial charge in [0.2, 0.25) is 0 Å². The van der Waals surface area contributed by atoms with Crippen molar-refractivity contribution < 1.29 is 40.3 Å². The Morgan fingerprint density at radius 3 is 2.27 bits per heavy atom. The minimum Gasteiger partial charge on any atom is -0.355 e. The molecule has 0 saturated carbocycles. The molecule has 0 aliphatic carbocycles. The predicted octanol–water partition coefficient (Wildman–Crippen LogP) is 5.25. The number of alkyl halides is 7. The van der Waals surface area contributed by atoms with Gasteiger partial charge in [-0.1, -0.05) is 28.9 Å². The highest BCUT2D eigenvalue weighted by molar-refractivity contribution is 6.32. The van der Waals surface area contributed by atoms with Crippen molar-refractivity contribution in [2.24, 2.45) is 0 Å². The molecule has 44 heavy (non-hydrogen) atoms. The molecule has 2 N–H and O–H groups in total. The number of nitrogens with zero attached hydrogens (tertiary/aromatic N) is 6. The number of halogens is 8. The zero-order valence-electron chi connectivity index (χ0n) is 22.3. The third kappa shape index (κ3) is 5.67. The molecule has 2 aromatic carbocycles. The molecular formula is C26H18ClF7N8O2. The second kappa shape index (κ2) is 11.6. The molecule has 0 spiro atoms. The molecule has 18 heteroatoms. The highest BCUT2D eigenvalue weighted by Crippen LogP contribution is 2.53. The van der Waals surface area contributed by atoms with Crippen molar-refractivity contribution in [2.45, 2.75) is 31.5 Å². The van der Waals surface area contributed by atoms with Crippen LogP contribution in [-0.4, -0.2) is 56.0 Å². The minimum atomic E-state index is -6.42. The number of anilines is 1. The van der Waals surface area contributed by atoms with E-state index in [0.717, 1.165) is 10.7 Å². The van der Waals surface area contributed by atoms with Crippen molar-refractivity contribution in [2.75, 3.05) is 12.4 Å². The molecule has 2 aromatic heterocycles. The molecule has 2 heterocycles. The summed E-state index contributed by atoms with van der Waals surface area (Å²) in [5.74, 6) is -1.59. The molecule has 230 valence electrons. The van der Waals surface area contributed by atoms with Gasteiger partial charge in [-0.15, -0.1) is 5.10 Å². The van der Waals surface area contributed by atoms with Crippen LogP contribution in [0.15, 0.2) is 48.7 Å². The molecule has 4 aromatic rings. The van der Waals surface area contributed by atoms with Gasteiger partial charge < -0.3 is 10.6 Å². The summed E-state index contributed by atoms with van der Waals surface area (Å²) in [6, 6.07) is 11.4. The van der Waals surface area contributed by atoms with Crippen LogP contribution in [0.2, 0.25) is 5.02 Å². The number of aryl methyl sites for hydroxylation is 1. The summed E-state index contributed by atoms with van der Waals surface area (Å²) in [5, 5.41) is 24.6. The Balaban J connectivity index is 1.83. The third-order valence-corrected chi connectivity index (χ3v) is 6.63. The summed E-state index contributed by atoms with van der Waals surface area (Å²) < 4.78 is 96.4. The summed E-state index contributed by atoms with van der Waals surface area (Å²) in [4.78, 5) is 26.1. The zero-order valence-corrected chi connectivity index (χ0v) is 23.1. The Hall–Kier alpha value is -4.98. The summed E-state index contributed by atoms with van der Waals surface area (Å²) in [6.07, 6.45) is -12.9. The van der Waals surface area contributed by atoms with Crippen LogP contribution in [0.5, 0.6) is 0 Å². The highest BCUT2D eigenvalue weighted by atomic mass is 35.5. The maximum Gasteiger partial charge on any atom is 0.437 e. The predicted molar refractivity (Wildman–Crippen MR) is 140 cm³/mol. The zero-order chi connectivity index (χ0) is 32.6. The smallest absolute Gasteiger partial charge is 0.355 e. The van der Waals surface area contributed by atoms with E-state index in [1.54, 1.807) is 6.07 Å². The van der Waals surface area contributed by atoms with Crippen molar-refractivity contribution in [1.29, 1.82) is 5.26 Å². The maximum atomic E-state index is 14.8. The van der Waals surface area contributed by atoms with Gasteiger partial charge in [0.05, 0.1) is 52.0 Å². The monoisotopic (exact) mass is 642 g/mol. The van der Waals surface area contributed by atoms with E-state index in [0.29, 0.717) is 5.56 Å². The van der Waals surface area contributed by atoms with Gasteiger partial charge >= 0.3 is 18.0 Å². The second-order valence-electron chi connectivity index (χ2n) is 9.18. The summed E-state index contributed by atoms with van der Waals surface area (Å²) >= 11 is 6.27. The van der Waals surface area contributed by atoms with Crippen LogP contribution in [0.3, 0.4) is 0 Å². The number of nitriles is 1. The Kier molecular flexibility index (Phi) is 8.42. The lowest BCUT2D eigenvalue weighted by Gasteiger charge is -2.29. The maximum absolute atomic E-state index is 14.8. The van der Waals surface area contributed by atoms with Crippen LogP contribution in [0.1, 0.15) is 43.4 Å². The SMILES string of the molecule is CNC(=O)c1cc(C#N)cc(C)c1NC(=O)c1cc(Cn2nncc2C(F)(C(F)(F)F)C(F)(F)F)nn1-c1ccccc1Cl. The van der Waals surface area contributed by atoms with Crippen LogP contribution in [-0.2, 0) is 12.2 Å². The standard InChI is InChI=1S/C26H18ClF7N8O2/c1-13-7-14(10-35)8-16(22(43)36-2)21(13)38-23(44)19-9-15(39-42(19)18-6-4-3-5-17(18)27)12-41-20(11-37-40-41)24(28,25(29,30)31)26(32,33)34/h3-9,11H,12H2,1-2H3,(H,36,43)(H,38,44).